The normalized spacial score (nSPS) is 10.3. The second kappa shape index (κ2) is 8.25. The Morgan fingerprint density at radius 1 is 1.48 bits per heavy atom. The molecule has 0 aromatic carbocycles. The van der Waals surface area contributed by atoms with Gasteiger partial charge in [-0.3, -0.25) is 4.79 Å². The second-order valence-electron chi connectivity index (χ2n) is 5.47. The molecule has 0 bridgehead atoms. The van der Waals surface area contributed by atoms with Gasteiger partial charge < -0.3 is 10.2 Å². The lowest BCUT2D eigenvalue weighted by molar-refractivity contribution is 0.0739. The van der Waals surface area contributed by atoms with Crippen LogP contribution < -0.4 is 5.32 Å². The number of nitrogens with zero attached hydrogens (tertiary/aromatic N) is 3. The van der Waals surface area contributed by atoms with E-state index in [0.29, 0.717) is 36.8 Å². The summed E-state index contributed by atoms with van der Waals surface area (Å²) in [6.45, 7) is 9.87. The Morgan fingerprint density at radius 2 is 2.19 bits per heavy atom. The molecule has 1 rings (SSSR count). The van der Waals surface area contributed by atoms with Crippen molar-refractivity contribution in [3.8, 4) is 6.07 Å². The Morgan fingerprint density at radius 3 is 2.76 bits per heavy atom. The summed E-state index contributed by atoms with van der Waals surface area (Å²) in [7, 11) is 0. The van der Waals surface area contributed by atoms with Gasteiger partial charge in [0.15, 0.2) is 0 Å². The SMILES string of the molecule is CCNc1cc(C(=O)N(CCC#N)CC(C)C)cc(C)n1. The molecule has 21 heavy (non-hydrogen) atoms. The molecule has 5 nitrogen and oxygen atoms in total. The molecule has 0 aliphatic carbocycles. The van der Waals surface area contributed by atoms with E-state index in [1.54, 1.807) is 17.0 Å². The number of nitriles is 1. The summed E-state index contributed by atoms with van der Waals surface area (Å²) in [5.74, 6) is 1.04. The van der Waals surface area contributed by atoms with Crippen molar-refractivity contribution in [2.45, 2.75) is 34.1 Å². The van der Waals surface area contributed by atoms with E-state index in [1.165, 1.54) is 0 Å². The molecule has 5 heteroatoms. The third-order valence-electron chi connectivity index (χ3n) is 2.92. The maximum absolute atomic E-state index is 12.7. The van der Waals surface area contributed by atoms with Gasteiger partial charge in [-0.15, -0.1) is 0 Å². The number of hydrogen-bond donors (Lipinski definition) is 1. The van der Waals surface area contributed by atoms with E-state index in [2.05, 4.69) is 30.2 Å². The predicted octanol–water partition coefficient (Wildman–Crippen LogP) is 2.83. The van der Waals surface area contributed by atoms with Crippen LogP contribution in [0.5, 0.6) is 0 Å². The fourth-order valence-electron chi connectivity index (χ4n) is 2.15. The van der Waals surface area contributed by atoms with Gasteiger partial charge >= 0.3 is 0 Å². The first-order valence-electron chi connectivity index (χ1n) is 7.36. The Balaban J connectivity index is 2.99. The fourth-order valence-corrected chi connectivity index (χ4v) is 2.15. The zero-order chi connectivity index (χ0) is 15.8. The van der Waals surface area contributed by atoms with Crippen LogP contribution in [0, 0.1) is 24.2 Å². The monoisotopic (exact) mass is 288 g/mol. The number of carbonyl (C=O) groups excluding carboxylic acids is 1. The zero-order valence-corrected chi connectivity index (χ0v) is 13.3. The summed E-state index contributed by atoms with van der Waals surface area (Å²) >= 11 is 0. The van der Waals surface area contributed by atoms with Gasteiger partial charge in [0.25, 0.3) is 5.91 Å². The number of hydrogen-bond acceptors (Lipinski definition) is 4. The molecule has 114 valence electrons. The Bertz CT molecular complexity index is 519. The van der Waals surface area contributed by atoms with Gasteiger partial charge in [0.05, 0.1) is 12.5 Å². The van der Waals surface area contributed by atoms with Crippen LogP contribution in [0.15, 0.2) is 12.1 Å². The van der Waals surface area contributed by atoms with E-state index in [0.717, 1.165) is 12.2 Å². The van der Waals surface area contributed by atoms with Crippen LogP contribution in [0.1, 0.15) is 43.2 Å². The van der Waals surface area contributed by atoms with E-state index in [4.69, 9.17) is 5.26 Å². The van der Waals surface area contributed by atoms with Crippen LogP contribution in [0.3, 0.4) is 0 Å². The minimum atomic E-state index is -0.0383. The number of nitrogens with one attached hydrogen (secondary N) is 1. The highest BCUT2D eigenvalue weighted by atomic mass is 16.2. The van der Waals surface area contributed by atoms with Crippen molar-refractivity contribution >= 4 is 11.7 Å². The predicted molar refractivity (Wildman–Crippen MR) is 84.1 cm³/mol. The van der Waals surface area contributed by atoms with Crippen LogP contribution in [0.25, 0.3) is 0 Å². The van der Waals surface area contributed by atoms with Gasteiger partial charge in [-0.1, -0.05) is 13.8 Å². The number of aryl methyl sites for hydroxylation is 1. The number of amides is 1. The van der Waals surface area contributed by atoms with Gasteiger partial charge in [-0.05, 0) is 31.9 Å². The first kappa shape index (κ1) is 17.0. The van der Waals surface area contributed by atoms with Crippen LogP contribution >= 0.6 is 0 Å². The van der Waals surface area contributed by atoms with E-state index in [9.17, 15) is 4.79 Å². The molecule has 0 unspecified atom stereocenters. The molecular weight excluding hydrogens is 264 g/mol. The van der Waals surface area contributed by atoms with E-state index < -0.39 is 0 Å². The van der Waals surface area contributed by atoms with Crippen LogP contribution in [0.2, 0.25) is 0 Å². The Labute approximate surface area is 127 Å². The molecule has 0 saturated carbocycles. The lowest BCUT2D eigenvalue weighted by Gasteiger charge is -2.24. The minimum absolute atomic E-state index is 0.0383. The summed E-state index contributed by atoms with van der Waals surface area (Å²) < 4.78 is 0. The lowest BCUT2D eigenvalue weighted by Crippen LogP contribution is -2.35. The third-order valence-corrected chi connectivity index (χ3v) is 2.92. The highest BCUT2D eigenvalue weighted by Gasteiger charge is 2.17. The summed E-state index contributed by atoms with van der Waals surface area (Å²) in [4.78, 5) is 18.8. The third kappa shape index (κ3) is 5.42. The lowest BCUT2D eigenvalue weighted by atomic mass is 10.1. The average Bonchev–Trinajstić information content (AvgIpc) is 2.42. The fraction of sp³-hybridized carbons (Fsp3) is 0.562. The van der Waals surface area contributed by atoms with Crippen molar-refractivity contribution in [1.29, 1.82) is 5.26 Å². The highest BCUT2D eigenvalue weighted by Crippen LogP contribution is 2.14. The molecule has 0 saturated heterocycles. The van der Waals surface area contributed by atoms with Crippen molar-refractivity contribution in [3.63, 3.8) is 0 Å². The van der Waals surface area contributed by atoms with Crippen molar-refractivity contribution < 1.29 is 4.79 Å². The number of pyridine rings is 1. The highest BCUT2D eigenvalue weighted by molar-refractivity contribution is 5.95. The summed E-state index contributed by atoms with van der Waals surface area (Å²) in [6, 6.07) is 5.67. The Hall–Kier alpha value is -2.09. The number of anilines is 1. The van der Waals surface area contributed by atoms with Gasteiger partial charge in [0.1, 0.15) is 5.82 Å². The molecule has 1 aromatic rings. The average molecular weight is 288 g/mol. The van der Waals surface area contributed by atoms with Gasteiger partial charge in [-0.2, -0.15) is 5.26 Å². The maximum Gasteiger partial charge on any atom is 0.254 e. The summed E-state index contributed by atoms with van der Waals surface area (Å²) in [5, 5.41) is 11.9. The minimum Gasteiger partial charge on any atom is -0.370 e. The van der Waals surface area contributed by atoms with Crippen LogP contribution in [-0.2, 0) is 0 Å². The number of rotatable bonds is 7. The molecule has 0 atom stereocenters. The quantitative estimate of drug-likeness (QED) is 0.837. The number of carbonyl (C=O) groups is 1. The summed E-state index contributed by atoms with van der Waals surface area (Å²) in [5.41, 5.74) is 1.43. The summed E-state index contributed by atoms with van der Waals surface area (Å²) in [6.07, 6.45) is 0.350. The molecule has 1 N–H and O–H groups in total. The van der Waals surface area contributed by atoms with Crippen molar-refractivity contribution in [1.82, 2.24) is 9.88 Å². The molecule has 0 aliphatic heterocycles. The molecule has 1 aromatic heterocycles. The molecule has 0 spiro atoms. The number of aromatic nitrogens is 1. The molecule has 1 amide bonds. The molecule has 0 aliphatic rings. The van der Waals surface area contributed by atoms with Crippen LogP contribution in [-0.4, -0.2) is 35.4 Å². The first-order valence-corrected chi connectivity index (χ1v) is 7.36. The molecular formula is C16H24N4O. The van der Waals surface area contributed by atoms with E-state index >= 15 is 0 Å². The maximum atomic E-state index is 12.7. The first-order chi connectivity index (χ1) is 9.97. The van der Waals surface area contributed by atoms with Crippen molar-refractivity contribution in [2.75, 3.05) is 25.0 Å². The zero-order valence-electron chi connectivity index (χ0n) is 13.3. The van der Waals surface area contributed by atoms with Gasteiger partial charge in [0.2, 0.25) is 0 Å². The topological polar surface area (TPSA) is 69.0 Å². The van der Waals surface area contributed by atoms with E-state index in [-0.39, 0.29) is 5.91 Å². The smallest absolute Gasteiger partial charge is 0.254 e. The van der Waals surface area contributed by atoms with Crippen molar-refractivity contribution in [2.24, 2.45) is 5.92 Å². The van der Waals surface area contributed by atoms with Crippen LogP contribution in [0.4, 0.5) is 5.82 Å². The molecule has 0 radical (unpaired) electrons. The Kier molecular flexibility index (Phi) is 6.67. The molecule has 1 heterocycles. The van der Waals surface area contributed by atoms with Gasteiger partial charge in [0, 0.05) is 30.9 Å². The molecule has 0 fully saturated rings. The largest absolute Gasteiger partial charge is 0.370 e. The van der Waals surface area contributed by atoms with Gasteiger partial charge in [-0.25, -0.2) is 4.98 Å². The van der Waals surface area contributed by atoms with E-state index in [1.807, 2.05) is 13.8 Å². The van der Waals surface area contributed by atoms with Crippen molar-refractivity contribution in [3.05, 3.63) is 23.4 Å². The standard InChI is InChI=1S/C16H24N4O/c1-5-18-15-10-14(9-13(4)19-15)16(21)20(8-6-7-17)11-12(2)3/h9-10,12H,5-6,8,11H2,1-4H3,(H,18,19). The second-order valence-corrected chi connectivity index (χ2v) is 5.47.